The van der Waals surface area contributed by atoms with Crippen LogP contribution in [0.25, 0.3) is 0 Å². The number of nitrogens with zero attached hydrogens (tertiary/aromatic N) is 1. The van der Waals surface area contributed by atoms with Crippen LogP contribution in [-0.4, -0.2) is 12.8 Å². The number of unbranched alkanes of at least 4 members (excludes halogenated alkanes) is 15. The summed E-state index contributed by atoms with van der Waals surface area (Å²) in [5.74, 6) is -70.4. The molecule has 5 aromatic carbocycles. The van der Waals surface area contributed by atoms with E-state index in [-0.39, 0.29) is 0 Å². The third-order valence-electron chi connectivity index (χ3n) is 13.0. The maximum absolute atomic E-state index is 15.4. The molecule has 0 saturated heterocycles. The second kappa shape index (κ2) is 27.9. The summed E-state index contributed by atoms with van der Waals surface area (Å²) >= 11 is 0. The zero-order valence-electron chi connectivity index (χ0n) is 40.9. The molecule has 1 aromatic heterocycles. The lowest BCUT2D eigenvalue weighted by Gasteiger charge is -2.44. The fourth-order valence-electron chi connectivity index (χ4n) is 9.16. The smallest absolute Gasteiger partial charge is 0.200 e. The Morgan fingerprint density at radius 2 is 0.558 bits per heavy atom. The van der Waals surface area contributed by atoms with Gasteiger partial charge in [-0.1, -0.05) is 109 Å². The molecule has 23 heteroatoms. The number of hydrogen-bond donors (Lipinski definition) is 0. The molecule has 0 aliphatic carbocycles. The summed E-state index contributed by atoms with van der Waals surface area (Å²) in [5.41, 5.74) is -13.0. The van der Waals surface area contributed by atoms with Crippen LogP contribution < -0.4 is 31.2 Å². The van der Waals surface area contributed by atoms with Gasteiger partial charge in [-0.15, -0.1) is 21.9 Å². The first kappa shape index (κ1) is 61.6. The Bertz CT molecular complexity index is 2590. The van der Waals surface area contributed by atoms with Gasteiger partial charge in [-0.25, -0.2) is 92.4 Å². The maximum atomic E-state index is 15.4. The van der Waals surface area contributed by atoms with Crippen LogP contribution in [0.4, 0.5) is 87.8 Å². The fourth-order valence-corrected chi connectivity index (χ4v) is 9.16. The molecule has 418 valence electrons. The van der Waals surface area contributed by atoms with E-state index in [1.54, 1.807) is 0 Å². The molecule has 0 spiro atoms. The van der Waals surface area contributed by atoms with Crippen LogP contribution >= 0.6 is 0 Å². The average Bonchev–Trinajstić information content (AvgIpc) is 3.42. The van der Waals surface area contributed by atoms with E-state index in [0.717, 1.165) is 18.9 Å². The molecule has 6 aromatic rings. The molecule has 0 aliphatic rings. The first-order valence-corrected chi connectivity index (χ1v) is 24.5. The Morgan fingerprint density at radius 3 is 0.831 bits per heavy atom. The predicted octanol–water partition coefficient (Wildman–Crippen LogP) is 14.5. The third kappa shape index (κ3) is 13.4. The van der Waals surface area contributed by atoms with E-state index in [1.165, 1.54) is 108 Å². The summed E-state index contributed by atoms with van der Waals surface area (Å²) in [4.78, 5) is 0. The summed E-state index contributed by atoms with van der Waals surface area (Å²) in [6.45, 7) is 4.04. The first-order chi connectivity index (χ1) is 36.6. The molecule has 0 radical (unpaired) electrons. The Kier molecular flexibility index (Phi) is 22.3. The summed E-state index contributed by atoms with van der Waals surface area (Å²) in [5, 5.41) is 0. The van der Waals surface area contributed by atoms with E-state index in [2.05, 4.69) is 60.3 Å². The van der Waals surface area contributed by atoms with Crippen molar-refractivity contribution in [1.82, 2.24) is 0 Å². The first-order valence-electron chi connectivity index (χ1n) is 24.5. The van der Waals surface area contributed by atoms with Crippen LogP contribution in [-0.2, 0) is 6.54 Å². The van der Waals surface area contributed by atoms with Crippen molar-refractivity contribution >= 4 is 28.0 Å². The largest absolute Gasteiger partial charge is 0.494 e. The van der Waals surface area contributed by atoms with Crippen LogP contribution in [0.15, 0.2) is 54.9 Å². The lowest BCUT2D eigenvalue weighted by molar-refractivity contribution is -0.688. The van der Waals surface area contributed by atoms with Gasteiger partial charge in [0, 0.05) is 17.7 Å². The highest BCUT2D eigenvalue weighted by Crippen LogP contribution is 2.31. The van der Waals surface area contributed by atoms with Gasteiger partial charge in [0.25, 0.3) is 0 Å². The van der Waals surface area contributed by atoms with E-state index in [9.17, 15) is 52.7 Å². The molecule has 0 fully saturated rings. The predicted molar refractivity (Wildman–Crippen MR) is 246 cm³/mol. The van der Waals surface area contributed by atoms with Gasteiger partial charge in [0.2, 0.25) is 0 Å². The molecule has 0 bridgehead atoms. The molecule has 1 heterocycles. The lowest BCUT2D eigenvalue weighted by atomic mass is 9.12. The minimum absolute atomic E-state index is 0.839. The Labute approximate surface area is 429 Å². The molecule has 6 rings (SSSR count). The Morgan fingerprint density at radius 1 is 0.312 bits per heavy atom. The fraction of sp³-hybridized carbons (Fsp3) is 0.352. The van der Waals surface area contributed by atoms with Crippen LogP contribution in [0.5, 0.6) is 5.75 Å². The average molecular weight is 1120 g/mol. The Balaban J connectivity index is 0.000000301. The van der Waals surface area contributed by atoms with E-state index in [0.29, 0.717) is 0 Å². The van der Waals surface area contributed by atoms with Gasteiger partial charge in [0.15, 0.2) is 88.7 Å². The van der Waals surface area contributed by atoms with Crippen LogP contribution in [0.3, 0.4) is 0 Å². The third-order valence-corrected chi connectivity index (χ3v) is 13.0. The van der Waals surface area contributed by atoms with Gasteiger partial charge in [0.1, 0.15) is 58.4 Å². The minimum atomic E-state index is -7.22. The number of hydrogen-bond acceptors (Lipinski definition) is 1. The molecule has 0 amide bonds. The molecular formula is C54H48BF20NO. The van der Waals surface area contributed by atoms with Crippen molar-refractivity contribution in [2.45, 2.75) is 116 Å². The highest BCUT2D eigenvalue weighted by molar-refractivity contribution is 7.20. The molecule has 0 aliphatic heterocycles. The summed E-state index contributed by atoms with van der Waals surface area (Å²) in [6.07, 6.45) is 19.5. The molecule has 0 atom stereocenters. The van der Waals surface area contributed by atoms with Crippen molar-refractivity contribution < 1.29 is 97.1 Å². The normalized spacial score (nSPS) is 11.6. The molecule has 0 unspecified atom stereocenters. The lowest BCUT2D eigenvalue weighted by Crippen LogP contribution is -2.81. The Hall–Kier alpha value is -6.29. The molecule has 0 N–H and O–H groups in total. The SMILES string of the molecule is CCCCCCCCCCCCCCCCCCOc1ccc(C[n+]2ccccc2)cc1.Fc1c(F)c(F)c([B-](c2c(F)c(F)c(F)c(F)c2F)(c2c(F)c(F)c(F)c(F)c2F)c2c(F)c(F)c(F)c(F)c2F)c(F)c1F. The summed E-state index contributed by atoms with van der Waals surface area (Å²) in [7, 11) is 0. The van der Waals surface area contributed by atoms with Gasteiger partial charge in [0.05, 0.1) is 6.61 Å². The second-order valence-electron chi connectivity index (χ2n) is 18.1. The van der Waals surface area contributed by atoms with Crippen LogP contribution in [0.1, 0.15) is 115 Å². The van der Waals surface area contributed by atoms with Gasteiger partial charge >= 0.3 is 0 Å². The van der Waals surface area contributed by atoms with Crippen molar-refractivity contribution in [1.29, 1.82) is 0 Å². The van der Waals surface area contributed by atoms with Gasteiger partial charge < -0.3 is 4.74 Å². The molecule has 0 saturated carbocycles. The van der Waals surface area contributed by atoms with E-state index < -0.39 is 144 Å². The van der Waals surface area contributed by atoms with E-state index >= 15 is 35.1 Å². The van der Waals surface area contributed by atoms with Crippen LogP contribution in [0.2, 0.25) is 0 Å². The van der Waals surface area contributed by atoms with Gasteiger partial charge in [-0.05, 0) is 30.7 Å². The maximum Gasteiger partial charge on any atom is 0.200 e. The number of halogens is 20. The zero-order valence-corrected chi connectivity index (χ0v) is 40.9. The molecular weight excluding hydrogens is 1070 g/mol. The number of rotatable bonds is 24. The number of ether oxygens (including phenoxy) is 1. The highest BCUT2D eigenvalue weighted by atomic mass is 19.2. The quantitative estimate of drug-likeness (QED) is 0.0147. The minimum Gasteiger partial charge on any atom is -0.494 e. The van der Waals surface area contributed by atoms with Crippen LogP contribution in [0, 0.1) is 116 Å². The van der Waals surface area contributed by atoms with Crippen molar-refractivity contribution in [3.63, 3.8) is 0 Å². The van der Waals surface area contributed by atoms with Crippen molar-refractivity contribution in [3.8, 4) is 5.75 Å². The monoisotopic (exact) mass is 1120 g/mol. The molecule has 77 heavy (non-hydrogen) atoms. The highest BCUT2D eigenvalue weighted by Gasteiger charge is 2.52. The molecule has 2 nitrogen and oxygen atoms in total. The zero-order chi connectivity index (χ0) is 56.9. The van der Waals surface area contributed by atoms with E-state index in [4.69, 9.17) is 4.74 Å². The number of aromatic nitrogens is 1. The van der Waals surface area contributed by atoms with Crippen molar-refractivity contribution in [2.24, 2.45) is 0 Å². The second-order valence-corrected chi connectivity index (χ2v) is 18.1. The number of pyridine rings is 1. The van der Waals surface area contributed by atoms with E-state index in [1.807, 2.05) is 6.07 Å². The summed E-state index contributed by atoms with van der Waals surface area (Å²) < 4.78 is 302. The van der Waals surface area contributed by atoms with Gasteiger partial charge in [-0.2, -0.15) is 0 Å². The van der Waals surface area contributed by atoms with Gasteiger partial charge in [-0.3, -0.25) is 0 Å². The number of benzene rings is 5. The van der Waals surface area contributed by atoms with Crippen molar-refractivity contribution in [2.75, 3.05) is 6.61 Å². The van der Waals surface area contributed by atoms with Crippen molar-refractivity contribution in [3.05, 3.63) is 177 Å². The topological polar surface area (TPSA) is 13.1 Å². The standard InChI is InChI=1S/C30H48NO.C24BF20/c1-2-3-4-5-6-7-8-9-10-11-12-13-14-15-16-20-27-32-30-23-21-29(22-24-30)28-31-25-18-17-19-26-31;26-5-1(6(27)14(35)21(42)13(5)34)25(2-7(28)15(36)22(43)16(37)8(2)29,3-9(30)17(38)23(44)18(39)10(3)31)4-11(32)19(40)24(45)20(41)12(4)33/h17-19,21-26H,2-16,20,27-28H2,1H3;/q+1;-1. The summed E-state index contributed by atoms with van der Waals surface area (Å²) in [6, 6.07) is 14.7.